The predicted molar refractivity (Wildman–Crippen MR) is 73.9 cm³/mol. The van der Waals surface area contributed by atoms with Crippen LogP contribution < -0.4 is 5.32 Å². The van der Waals surface area contributed by atoms with Crippen LogP contribution >= 0.6 is 0 Å². The molecule has 1 aliphatic rings. The van der Waals surface area contributed by atoms with Gasteiger partial charge in [-0.05, 0) is 25.9 Å². The van der Waals surface area contributed by atoms with Crippen LogP contribution in [0.4, 0.5) is 0 Å². The molecule has 5 nitrogen and oxygen atoms in total. The van der Waals surface area contributed by atoms with Crippen molar-refractivity contribution < 1.29 is 14.7 Å². The third-order valence-corrected chi connectivity index (χ3v) is 4.04. The third-order valence-electron chi connectivity index (χ3n) is 4.04. The maximum atomic E-state index is 12.1. The molecule has 19 heavy (non-hydrogen) atoms. The van der Waals surface area contributed by atoms with Crippen molar-refractivity contribution in [3.8, 4) is 0 Å². The lowest BCUT2D eigenvalue weighted by Crippen LogP contribution is -2.42. The summed E-state index contributed by atoms with van der Waals surface area (Å²) in [7, 11) is 0. The smallest absolute Gasteiger partial charge is 0.307 e. The van der Waals surface area contributed by atoms with Crippen LogP contribution in [0.15, 0.2) is 0 Å². The first kappa shape index (κ1) is 16.0. The van der Waals surface area contributed by atoms with Gasteiger partial charge in [0.05, 0.1) is 11.8 Å². The van der Waals surface area contributed by atoms with Crippen LogP contribution in [0, 0.1) is 11.8 Å². The first-order valence-corrected chi connectivity index (χ1v) is 7.33. The van der Waals surface area contributed by atoms with Gasteiger partial charge in [0, 0.05) is 13.1 Å². The number of hydrogen-bond donors (Lipinski definition) is 2. The topological polar surface area (TPSA) is 69.6 Å². The van der Waals surface area contributed by atoms with Gasteiger partial charge in [-0.15, -0.1) is 0 Å². The van der Waals surface area contributed by atoms with Crippen LogP contribution in [0.2, 0.25) is 0 Å². The molecule has 1 amide bonds. The lowest BCUT2D eigenvalue weighted by atomic mass is 9.79. The first-order valence-electron chi connectivity index (χ1n) is 7.33. The molecular formula is C14H26N2O3. The Labute approximate surface area is 115 Å². The minimum atomic E-state index is -0.830. The van der Waals surface area contributed by atoms with Crippen LogP contribution in [-0.4, -0.2) is 48.1 Å². The number of aliphatic carboxylic acids is 1. The molecule has 2 unspecified atom stereocenters. The number of rotatable bonds is 7. The van der Waals surface area contributed by atoms with Gasteiger partial charge in [0.2, 0.25) is 5.91 Å². The predicted octanol–water partition coefficient (Wildman–Crippen LogP) is 1.34. The highest BCUT2D eigenvalue weighted by molar-refractivity contribution is 5.84. The minimum absolute atomic E-state index is 0.0840. The van der Waals surface area contributed by atoms with Gasteiger partial charge < -0.3 is 15.3 Å². The van der Waals surface area contributed by atoms with E-state index in [1.165, 1.54) is 0 Å². The number of carbonyl (C=O) groups excluding carboxylic acids is 1. The zero-order valence-corrected chi connectivity index (χ0v) is 12.0. The summed E-state index contributed by atoms with van der Waals surface area (Å²) < 4.78 is 0. The zero-order valence-electron chi connectivity index (χ0n) is 12.0. The van der Waals surface area contributed by atoms with Crippen LogP contribution in [0.1, 0.15) is 39.5 Å². The van der Waals surface area contributed by atoms with Gasteiger partial charge in [-0.3, -0.25) is 9.59 Å². The van der Waals surface area contributed by atoms with Crippen molar-refractivity contribution in [1.82, 2.24) is 10.2 Å². The highest BCUT2D eigenvalue weighted by Crippen LogP contribution is 2.30. The zero-order chi connectivity index (χ0) is 14.3. The molecule has 1 fully saturated rings. The number of hydrogen-bond acceptors (Lipinski definition) is 3. The molecule has 0 saturated heterocycles. The molecule has 0 aromatic rings. The number of carbonyl (C=O) groups is 2. The maximum absolute atomic E-state index is 12.1. The first-order chi connectivity index (χ1) is 9.10. The molecule has 0 aromatic carbocycles. The van der Waals surface area contributed by atoms with Gasteiger partial charge in [-0.2, -0.15) is 0 Å². The molecule has 5 heteroatoms. The number of carboxylic acid groups (broad SMARTS) is 1. The lowest BCUT2D eigenvalue weighted by molar-refractivity contribution is -0.148. The van der Waals surface area contributed by atoms with Crippen molar-refractivity contribution in [3.05, 3.63) is 0 Å². The van der Waals surface area contributed by atoms with Gasteiger partial charge >= 0.3 is 5.97 Å². The van der Waals surface area contributed by atoms with Crippen molar-refractivity contribution in [1.29, 1.82) is 0 Å². The van der Waals surface area contributed by atoms with Crippen LogP contribution in [0.5, 0.6) is 0 Å². The number of likely N-dealkylation sites (N-methyl/N-ethyl adjacent to an activating group) is 1. The molecule has 2 atom stereocenters. The second-order valence-corrected chi connectivity index (χ2v) is 5.15. The van der Waals surface area contributed by atoms with E-state index in [2.05, 4.69) is 24.1 Å². The van der Waals surface area contributed by atoms with Crippen molar-refractivity contribution >= 4 is 11.9 Å². The summed E-state index contributed by atoms with van der Waals surface area (Å²) in [6.07, 6.45) is 3.20. The maximum Gasteiger partial charge on any atom is 0.307 e. The van der Waals surface area contributed by atoms with E-state index in [-0.39, 0.29) is 11.8 Å². The lowest BCUT2D eigenvalue weighted by Gasteiger charge is -2.28. The summed E-state index contributed by atoms with van der Waals surface area (Å²) in [5.74, 6) is -1.76. The molecule has 0 heterocycles. The summed E-state index contributed by atoms with van der Waals surface area (Å²) in [6, 6.07) is 0. The Bertz CT molecular complexity index is 303. The van der Waals surface area contributed by atoms with Crippen LogP contribution in [0.25, 0.3) is 0 Å². The molecule has 0 bridgehead atoms. The minimum Gasteiger partial charge on any atom is -0.481 e. The summed E-state index contributed by atoms with van der Waals surface area (Å²) in [5.41, 5.74) is 0. The van der Waals surface area contributed by atoms with Crippen molar-refractivity contribution in [2.24, 2.45) is 11.8 Å². The summed E-state index contributed by atoms with van der Waals surface area (Å²) in [6.45, 7) is 7.54. The van der Waals surface area contributed by atoms with E-state index >= 15 is 0 Å². The van der Waals surface area contributed by atoms with Gasteiger partial charge in [0.25, 0.3) is 0 Å². The monoisotopic (exact) mass is 270 g/mol. The van der Waals surface area contributed by atoms with E-state index in [0.717, 1.165) is 32.5 Å². The third kappa shape index (κ3) is 4.82. The highest BCUT2D eigenvalue weighted by Gasteiger charge is 2.35. The van der Waals surface area contributed by atoms with E-state index in [1.54, 1.807) is 0 Å². The quantitative estimate of drug-likeness (QED) is 0.732. The molecule has 0 aromatic heterocycles. The van der Waals surface area contributed by atoms with E-state index < -0.39 is 11.9 Å². The molecule has 0 spiro atoms. The fourth-order valence-corrected chi connectivity index (χ4v) is 2.75. The SMILES string of the molecule is CCN(CC)CCNC(=O)C1CCCCC1C(=O)O. The van der Waals surface area contributed by atoms with E-state index in [9.17, 15) is 9.59 Å². The number of nitrogens with zero attached hydrogens (tertiary/aromatic N) is 1. The second-order valence-electron chi connectivity index (χ2n) is 5.15. The molecule has 2 N–H and O–H groups in total. The Morgan fingerprint density at radius 1 is 1.16 bits per heavy atom. The van der Waals surface area contributed by atoms with Crippen LogP contribution in [-0.2, 0) is 9.59 Å². The Kier molecular flexibility index (Phi) is 6.84. The largest absolute Gasteiger partial charge is 0.481 e. The summed E-state index contributed by atoms with van der Waals surface area (Å²) in [5, 5.41) is 12.1. The van der Waals surface area contributed by atoms with Crippen molar-refractivity contribution in [3.63, 3.8) is 0 Å². The number of carboxylic acids is 1. The Balaban J connectivity index is 2.40. The fourth-order valence-electron chi connectivity index (χ4n) is 2.75. The fraction of sp³-hybridized carbons (Fsp3) is 0.857. The van der Waals surface area contributed by atoms with E-state index in [0.29, 0.717) is 19.4 Å². The average molecular weight is 270 g/mol. The van der Waals surface area contributed by atoms with Gasteiger partial charge in [-0.25, -0.2) is 0 Å². The summed E-state index contributed by atoms with van der Waals surface area (Å²) in [4.78, 5) is 25.5. The van der Waals surface area contributed by atoms with Gasteiger partial charge in [-0.1, -0.05) is 26.7 Å². The van der Waals surface area contributed by atoms with E-state index in [1.807, 2.05) is 0 Å². The van der Waals surface area contributed by atoms with Gasteiger partial charge in [0.1, 0.15) is 0 Å². The van der Waals surface area contributed by atoms with Crippen LogP contribution in [0.3, 0.4) is 0 Å². The molecule has 0 aliphatic heterocycles. The molecule has 110 valence electrons. The van der Waals surface area contributed by atoms with Gasteiger partial charge in [0.15, 0.2) is 0 Å². The molecular weight excluding hydrogens is 244 g/mol. The molecule has 1 saturated carbocycles. The molecule has 0 radical (unpaired) electrons. The van der Waals surface area contributed by atoms with Crippen molar-refractivity contribution in [2.45, 2.75) is 39.5 Å². The second kappa shape index (κ2) is 8.15. The Morgan fingerprint density at radius 3 is 2.26 bits per heavy atom. The number of nitrogens with one attached hydrogen (secondary N) is 1. The average Bonchev–Trinajstić information content (AvgIpc) is 2.43. The Hall–Kier alpha value is -1.10. The van der Waals surface area contributed by atoms with E-state index in [4.69, 9.17) is 5.11 Å². The summed E-state index contributed by atoms with van der Waals surface area (Å²) >= 11 is 0. The highest BCUT2D eigenvalue weighted by atomic mass is 16.4. The normalized spacial score (nSPS) is 23.3. The Morgan fingerprint density at radius 2 is 1.74 bits per heavy atom. The molecule has 1 rings (SSSR count). The van der Waals surface area contributed by atoms with Crippen molar-refractivity contribution in [2.75, 3.05) is 26.2 Å². The molecule has 1 aliphatic carbocycles. The standard InChI is InChI=1S/C14H26N2O3/c1-3-16(4-2)10-9-15-13(17)11-7-5-6-8-12(11)14(18)19/h11-12H,3-10H2,1-2H3,(H,15,17)(H,18,19). The number of amides is 1.